The molecule has 0 amide bonds. The third-order valence-corrected chi connectivity index (χ3v) is 1.24. The van der Waals surface area contributed by atoms with Crippen molar-refractivity contribution < 1.29 is 95.5 Å². The molecule has 4 nitrogen and oxygen atoms in total. The number of methoxy groups -OCH3 is 2. The second-order valence-corrected chi connectivity index (χ2v) is 5.09. The van der Waals surface area contributed by atoms with Crippen LogP contribution in [0.15, 0.2) is 0 Å². The van der Waals surface area contributed by atoms with E-state index in [1.54, 1.807) is 14.2 Å². The average Bonchev–Trinajstić information content (AvgIpc) is 2.17. The summed E-state index contributed by atoms with van der Waals surface area (Å²) in [7, 11) is -7.35. The quantitative estimate of drug-likeness (QED) is 0.262. The average molecular weight is 362 g/mol. The Bertz CT molecular complexity index is 203. The SMILES string of the molecule is COCCOCCOCCOC.F[P-](F)(F)(F)(F)F.[K+]. The van der Waals surface area contributed by atoms with Gasteiger partial charge in [0, 0.05) is 14.2 Å². The summed E-state index contributed by atoms with van der Waals surface area (Å²) >= 11 is 0. The molecule has 0 aliphatic carbocycles. The van der Waals surface area contributed by atoms with Crippen LogP contribution in [0.1, 0.15) is 0 Å². The van der Waals surface area contributed by atoms with E-state index in [2.05, 4.69) is 0 Å². The van der Waals surface area contributed by atoms with Gasteiger partial charge < -0.3 is 18.9 Å². The number of hydrogen-bond acceptors (Lipinski definition) is 4. The maximum Gasteiger partial charge on any atom is 1.00 e. The van der Waals surface area contributed by atoms with E-state index in [9.17, 15) is 25.2 Å². The van der Waals surface area contributed by atoms with Gasteiger partial charge in [-0.25, -0.2) is 0 Å². The molecule has 0 fully saturated rings. The van der Waals surface area contributed by atoms with Crippen LogP contribution in [0.25, 0.3) is 0 Å². The van der Waals surface area contributed by atoms with Gasteiger partial charge in [-0.05, 0) is 0 Å². The van der Waals surface area contributed by atoms with E-state index in [-0.39, 0.29) is 51.4 Å². The Labute approximate surface area is 156 Å². The maximum atomic E-state index is 9.87. The van der Waals surface area contributed by atoms with Crippen molar-refractivity contribution in [1.29, 1.82) is 0 Å². The molecule has 12 heteroatoms. The number of hydrogen-bond donors (Lipinski definition) is 0. The molecule has 0 saturated carbocycles. The van der Waals surface area contributed by atoms with Crippen molar-refractivity contribution in [3.8, 4) is 0 Å². The first-order valence-corrected chi connectivity index (χ1v) is 7.09. The summed E-state index contributed by atoms with van der Waals surface area (Å²) in [6.45, 7) is 3.77. The Kier molecular flexibility index (Phi) is 14.6. The van der Waals surface area contributed by atoms with E-state index in [0.29, 0.717) is 39.6 Å². The summed E-state index contributed by atoms with van der Waals surface area (Å²) in [5, 5.41) is 0. The smallest absolute Gasteiger partial charge is 1.00 e. The van der Waals surface area contributed by atoms with Gasteiger partial charge in [0.25, 0.3) is 0 Å². The normalized spacial score (nSPS) is 14.4. The Morgan fingerprint density at radius 2 is 0.800 bits per heavy atom. The van der Waals surface area contributed by atoms with Gasteiger partial charge in [0.1, 0.15) is 0 Å². The van der Waals surface area contributed by atoms with Gasteiger partial charge in [0.15, 0.2) is 0 Å². The third kappa shape index (κ3) is 60.6. The van der Waals surface area contributed by atoms with Crippen molar-refractivity contribution in [2.75, 3.05) is 53.9 Å². The monoisotopic (exact) mass is 362 g/mol. The zero-order valence-electron chi connectivity index (χ0n) is 11.6. The van der Waals surface area contributed by atoms with Gasteiger partial charge in [-0.3, -0.25) is 0 Å². The van der Waals surface area contributed by atoms with Crippen LogP contribution >= 0.6 is 7.81 Å². The summed E-state index contributed by atoms with van der Waals surface area (Å²) in [6, 6.07) is 0. The summed E-state index contributed by atoms with van der Waals surface area (Å²) in [5.74, 6) is 0. The van der Waals surface area contributed by atoms with Crippen molar-refractivity contribution in [3.05, 3.63) is 0 Å². The molecule has 0 rings (SSSR count). The van der Waals surface area contributed by atoms with Crippen LogP contribution < -0.4 is 51.4 Å². The van der Waals surface area contributed by atoms with Gasteiger partial charge in [0.05, 0.1) is 39.6 Å². The Balaban J connectivity index is -0.000000312. The molecular weight excluding hydrogens is 344 g/mol. The molecule has 0 aromatic rings. The topological polar surface area (TPSA) is 36.9 Å². The van der Waals surface area contributed by atoms with Crippen LogP contribution in [0.5, 0.6) is 0 Å². The minimum atomic E-state index is -10.7. The number of rotatable bonds is 9. The molecule has 0 aliphatic heterocycles. The molecule has 0 unspecified atom stereocenters. The fraction of sp³-hybridized carbons (Fsp3) is 1.00. The molecule has 0 aromatic heterocycles. The second kappa shape index (κ2) is 11.1. The van der Waals surface area contributed by atoms with Gasteiger partial charge in [-0.2, -0.15) is 0 Å². The van der Waals surface area contributed by atoms with Crippen LogP contribution in [0.2, 0.25) is 0 Å². The molecule has 20 heavy (non-hydrogen) atoms. The first-order valence-electron chi connectivity index (χ1n) is 5.06. The Morgan fingerprint density at radius 1 is 0.600 bits per heavy atom. The van der Waals surface area contributed by atoms with E-state index < -0.39 is 7.81 Å². The molecular formula is C8H18F6KO4P. The summed E-state index contributed by atoms with van der Waals surface area (Å²) in [6.07, 6.45) is 0. The third-order valence-electron chi connectivity index (χ3n) is 1.24. The van der Waals surface area contributed by atoms with E-state index in [1.807, 2.05) is 0 Å². The summed E-state index contributed by atoms with van der Waals surface area (Å²) in [5.41, 5.74) is 0. The maximum absolute atomic E-state index is 10.7. The molecule has 0 spiro atoms. The number of halogens is 6. The predicted molar refractivity (Wildman–Crippen MR) is 59.0 cm³/mol. The molecule has 0 atom stereocenters. The molecule has 0 heterocycles. The van der Waals surface area contributed by atoms with Crippen LogP contribution in [0.4, 0.5) is 25.2 Å². The van der Waals surface area contributed by atoms with Crippen molar-refractivity contribution in [1.82, 2.24) is 0 Å². The zero-order valence-corrected chi connectivity index (χ0v) is 15.6. The predicted octanol–water partition coefficient (Wildman–Crippen LogP) is 0.699. The fourth-order valence-corrected chi connectivity index (χ4v) is 0.606. The minimum Gasteiger partial charge on any atom is 1.00 e. The van der Waals surface area contributed by atoms with Crippen LogP contribution in [-0.2, 0) is 18.9 Å². The minimum absolute atomic E-state index is 0. The molecule has 122 valence electrons. The van der Waals surface area contributed by atoms with E-state index >= 15 is 0 Å². The van der Waals surface area contributed by atoms with Crippen LogP contribution in [0, 0.1) is 0 Å². The van der Waals surface area contributed by atoms with E-state index in [0.717, 1.165) is 0 Å². The van der Waals surface area contributed by atoms with E-state index in [4.69, 9.17) is 18.9 Å². The standard InChI is InChI=1S/C8H18O4.F6P.K/c1-9-3-5-11-7-8-12-6-4-10-2;1-7(2,3,4,5)6;/h3-8H2,1-2H3;;/q;-1;+1. The van der Waals surface area contributed by atoms with Gasteiger partial charge in [0.2, 0.25) is 0 Å². The largest absolute Gasteiger partial charge is 1.00 e. The van der Waals surface area contributed by atoms with E-state index in [1.165, 1.54) is 0 Å². The molecule has 0 aliphatic rings. The first kappa shape index (κ1) is 26.4. The molecule has 0 radical (unpaired) electrons. The first-order chi connectivity index (χ1) is 8.36. The molecule has 0 bridgehead atoms. The van der Waals surface area contributed by atoms with Gasteiger partial charge in [-0.15, -0.1) is 0 Å². The fourth-order valence-electron chi connectivity index (χ4n) is 0.606. The van der Waals surface area contributed by atoms with Gasteiger partial charge in [-0.1, -0.05) is 0 Å². The number of ether oxygens (including phenoxy) is 4. The molecule has 0 saturated heterocycles. The van der Waals surface area contributed by atoms with Crippen LogP contribution in [-0.4, -0.2) is 53.9 Å². The summed E-state index contributed by atoms with van der Waals surface area (Å²) < 4.78 is 79.1. The van der Waals surface area contributed by atoms with Crippen molar-refractivity contribution in [3.63, 3.8) is 0 Å². The zero-order chi connectivity index (χ0) is 15.5. The van der Waals surface area contributed by atoms with Gasteiger partial charge >= 0.3 is 84.4 Å². The van der Waals surface area contributed by atoms with Crippen molar-refractivity contribution in [2.45, 2.75) is 0 Å². The van der Waals surface area contributed by atoms with Crippen LogP contribution in [0.3, 0.4) is 0 Å². The second-order valence-electron chi connectivity index (χ2n) is 3.17. The Hall–Kier alpha value is 1.49. The molecule has 0 aromatic carbocycles. The Morgan fingerprint density at radius 3 is 1.00 bits per heavy atom. The van der Waals surface area contributed by atoms with Crippen molar-refractivity contribution >= 4 is 7.81 Å². The summed E-state index contributed by atoms with van der Waals surface area (Å²) in [4.78, 5) is 0. The van der Waals surface area contributed by atoms with Crippen molar-refractivity contribution in [2.24, 2.45) is 0 Å². The molecule has 0 N–H and O–H groups in total.